The fourth-order valence-electron chi connectivity index (χ4n) is 3.80. The van der Waals surface area contributed by atoms with Crippen molar-refractivity contribution in [1.82, 2.24) is 5.32 Å². The number of ether oxygens (including phenoxy) is 4. The van der Waals surface area contributed by atoms with E-state index < -0.39 is 24.0 Å². The predicted molar refractivity (Wildman–Crippen MR) is 118 cm³/mol. The minimum Gasteiger partial charge on any atom is -0.465 e. The molecule has 0 saturated carbocycles. The molecule has 33 heavy (non-hydrogen) atoms. The van der Waals surface area contributed by atoms with Crippen LogP contribution in [0.1, 0.15) is 42.7 Å². The number of allylic oxidation sites excluding steroid dienone is 1. The normalized spacial score (nSPS) is 17.2. The Morgan fingerprint density at radius 3 is 2.42 bits per heavy atom. The van der Waals surface area contributed by atoms with E-state index in [0.29, 0.717) is 34.0 Å². The van der Waals surface area contributed by atoms with Crippen LogP contribution in [0.15, 0.2) is 53.7 Å². The number of carbonyl (C=O) groups excluding carboxylic acids is 3. The van der Waals surface area contributed by atoms with Crippen molar-refractivity contribution in [2.45, 2.75) is 32.9 Å². The van der Waals surface area contributed by atoms with Crippen molar-refractivity contribution in [1.29, 1.82) is 0 Å². The third kappa shape index (κ3) is 4.21. The zero-order chi connectivity index (χ0) is 23.7. The molecule has 2 heterocycles. The average molecular weight is 452 g/mol. The highest BCUT2D eigenvalue weighted by Gasteiger charge is 2.38. The van der Waals surface area contributed by atoms with Crippen molar-refractivity contribution in [2.24, 2.45) is 0 Å². The maximum atomic E-state index is 13.2. The standard InChI is InChI=1S/C24H24N2O7/c1-13(2)33-23(28)20-14(3)26(17-9-10-18-19(11-17)32-12-31-18)24(29)25-21(20)15-5-7-16(8-6-15)22(27)30-4/h5-11,13,21H,12H2,1-4H3,(H,25,29). The molecule has 0 spiro atoms. The van der Waals surface area contributed by atoms with Crippen molar-refractivity contribution in [3.63, 3.8) is 0 Å². The number of nitrogens with one attached hydrogen (secondary N) is 1. The smallest absolute Gasteiger partial charge is 0.338 e. The summed E-state index contributed by atoms with van der Waals surface area (Å²) < 4.78 is 21.0. The van der Waals surface area contributed by atoms with Gasteiger partial charge in [-0.2, -0.15) is 0 Å². The van der Waals surface area contributed by atoms with Gasteiger partial charge in [0.15, 0.2) is 11.5 Å². The highest BCUT2D eigenvalue weighted by molar-refractivity contribution is 6.03. The van der Waals surface area contributed by atoms with Gasteiger partial charge in [0.2, 0.25) is 6.79 Å². The summed E-state index contributed by atoms with van der Waals surface area (Å²) in [5.41, 5.74) is 2.20. The van der Waals surface area contributed by atoms with Gasteiger partial charge in [-0.05, 0) is 50.6 Å². The average Bonchev–Trinajstić information content (AvgIpc) is 3.25. The van der Waals surface area contributed by atoms with Crippen LogP contribution < -0.4 is 19.7 Å². The summed E-state index contributed by atoms with van der Waals surface area (Å²) in [5.74, 6) is 0.0745. The van der Waals surface area contributed by atoms with Crippen molar-refractivity contribution in [3.05, 3.63) is 64.9 Å². The van der Waals surface area contributed by atoms with E-state index in [1.165, 1.54) is 12.0 Å². The van der Waals surface area contributed by atoms with E-state index in [2.05, 4.69) is 5.32 Å². The molecule has 2 aliphatic rings. The fraction of sp³-hybridized carbons (Fsp3) is 0.292. The number of hydrogen-bond donors (Lipinski definition) is 1. The van der Waals surface area contributed by atoms with Gasteiger partial charge in [-0.3, -0.25) is 4.90 Å². The fourth-order valence-corrected chi connectivity index (χ4v) is 3.80. The number of hydrogen-bond acceptors (Lipinski definition) is 7. The highest BCUT2D eigenvalue weighted by Crippen LogP contribution is 2.39. The monoisotopic (exact) mass is 452 g/mol. The zero-order valence-corrected chi connectivity index (χ0v) is 18.7. The molecule has 1 unspecified atom stereocenters. The molecule has 0 radical (unpaired) electrons. The number of fused-ring (bicyclic) bond motifs is 1. The van der Waals surface area contributed by atoms with Gasteiger partial charge in [0.25, 0.3) is 0 Å². The molecule has 0 aromatic heterocycles. The Labute approximate surface area is 190 Å². The molecule has 2 aromatic rings. The summed E-state index contributed by atoms with van der Waals surface area (Å²) in [4.78, 5) is 39.5. The molecule has 172 valence electrons. The van der Waals surface area contributed by atoms with Crippen LogP contribution in [0.5, 0.6) is 11.5 Å². The lowest BCUT2D eigenvalue weighted by Gasteiger charge is -2.35. The molecular formula is C24H24N2O7. The van der Waals surface area contributed by atoms with Gasteiger partial charge in [0, 0.05) is 11.8 Å². The largest absolute Gasteiger partial charge is 0.465 e. The van der Waals surface area contributed by atoms with Crippen LogP contribution in [0.25, 0.3) is 0 Å². The molecule has 0 saturated heterocycles. The predicted octanol–water partition coefficient (Wildman–Crippen LogP) is 3.70. The molecule has 0 bridgehead atoms. The van der Waals surface area contributed by atoms with Gasteiger partial charge >= 0.3 is 18.0 Å². The zero-order valence-electron chi connectivity index (χ0n) is 18.7. The maximum Gasteiger partial charge on any atom is 0.338 e. The Morgan fingerprint density at radius 2 is 1.76 bits per heavy atom. The lowest BCUT2D eigenvalue weighted by Crippen LogP contribution is -2.48. The number of benzene rings is 2. The molecule has 9 heteroatoms. The topological polar surface area (TPSA) is 103 Å². The first-order valence-electron chi connectivity index (χ1n) is 10.4. The number of nitrogens with zero attached hydrogens (tertiary/aromatic N) is 1. The Balaban J connectivity index is 1.77. The van der Waals surface area contributed by atoms with Gasteiger partial charge in [0.1, 0.15) is 0 Å². The Kier molecular flexibility index (Phi) is 5.95. The maximum absolute atomic E-state index is 13.2. The van der Waals surface area contributed by atoms with Crippen molar-refractivity contribution < 1.29 is 33.3 Å². The molecule has 9 nitrogen and oxygen atoms in total. The summed E-state index contributed by atoms with van der Waals surface area (Å²) in [7, 11) is 1.30. The SMILES string of the molecule is COC(=O)c1ccc(C2NC(=O)N(c3ccc4c(c3)OCO4)C(C)=C2C(=O)OC(C)C)cc1. The van der Waals surface area contributed by atoms with E-state index in [1.807, 2.05) is 0 Å². The molecule has 2 aliphatic heterocycles. The van der Waals surface area contributed by atoms with Crippen molar-refractivity contribution >= 4 is 23.7 Å². The second kappa shape index (κ2) is 8.85. The lowest BCUT2D eigenvalue weighted by molar-refractivity contribution is -0.143. The van der Waals surface area contributed by atoms with E-state index in [4.69, 9.17) is 18.9 Å². The number of urea groups is 1. The van der Waals surface area contributed by atoms with Gasteiger partial charge in [-0.15, -0.1) is 0 Å². The Bertz CT molecular complexity index is 1140. The summed E-state index contributed by atoms with van der Waals surface area (Å²) in [6, 6.07) is 10.4. The van der Waals surface area contributed by atoms with Crippen LogP contribution in [0, 0.1) is 0 Å². The van der Waals surface area contributed by atoms with E-state index in [1.54, 1.807) is 63.2 Å². The molecular weight excluding hydrogens is 428 g/mol. The third-order valence-corrected chi connectivity index (χ3v) is 5.33. The van der Waals surface area contributed by atoms with E-state index >= 15 is 0 Å². The molecule has 2 amide bonds. The van der Waals surface area contributed by atoms with Crippen LogP contribution in [0.2, 0.25) is 0 Å². The summed E-state index contributed by atoms with van der Waals surface area (Å²) >= 11 is 0. The number of anilines is 1. The van der Waals surface area contributed by atoms with Crippen LogP contribution in [-0.4, -0.2) is 38.0 Å². The minimum absolute atomic E-state index is 0.107. The molecule has 1 atom stereocenters. The molecule has 1 N–H and O–H groups in total. The van der Waals surface area contributed by atoms with E-state index in [0.717, 1.165) is 0 Å². The summed E-state index contributed by atoms with van der Waals surface area (Å²) in [6.45, 7) is 5.31. The highest BCUT2D eigenvalue weighted by atomic mass is 16.7. The summed E-state index contributed by atoms with van der Waals surface area (Å²) in [6.07, 6.45) is -0.350. The molecule has 4 rings (SSSR count). The van der Waals surface area contributed by atoms with Gasteiger partial charge < -0.3 is 24.3 Å². The lowest BCUT2D eigenvalue weighted by atomic mass is 9.94. The summed E-state index contributed by atoms with van der Waals surface area (Å²) in [5, 5.41) is 2.89. The van der Waals surface area contributed by atoms with Crippen molar-refractivity contribution in [3.8, 4) is 11.5 Å². The number of methoxy groups -OCH3 is 1. The first kappa shape index (κ1) is 22.2. The quantitative estimate of drug-likeness (QED) is 0.690. The second-order valence-corrected chi connectivity index (χ2v) is 7.82. The van der Waals surface area contributed by atoms with Gasteiger partial charge in [-0.1, -0.05) is 12.1 Å². The molecule has 2 aromatic carbocycles. The Hall–Kier alpha value is -4.01. The number of esters is 2. The van der Waals surface area contributed by atoms with Crippen LogP contribution >= 0.6 is 0 Å². The number of carbonyl (C=O) groups is 3. The molecule has 0 aliphatic carbocycles. The minimum atomic E-state index is -0.763. The molecule has 0 fully saturated rings. The van der Waals surface area contributed by atoms with Crippen LogP contribution in [-0.2, 0) is 14.3 Å². The van der Waals surface area contributed by atoms with E-state index in [9.17, 15) is 14.4 Å². The third-order valence-electron chi connectivity index (χ3n) is 5.33. The van der Waals surface area contributed by atoms with Gasteiger partial charge in [-0.25, -0.2) is 14.4 Å². The second-order valence-electron chi connectivity index (χ2n) is 7.82. The van der Waals surface area contributed by atoms with Gasteiger partial charge in [0.05, 0.1) is 36.1 Å². The van der Waals surface area contributed by atoms with Crippen LogP contribution in [0.3, 0.4) is 0 Å². The van der Waals surface area contributed by atoms with E-state index in [-0.39, 0.29) is 18.5 Å². The first-order chi connectivity index (χ1) is 15.8. The number of rotatable bonds is 5. The van der Waals surface area contributed by atoms with Crippen molar-refractivity contribution in [2.75, 3.05) is 18.8 Å². The number of amides is 2. The first-order valence-corrected chi connectivity index (χ1v) is 10.4. The van der Waals surface area contributed by atoms with Crippen LogP contribution in [0.4, 0.5) is 10.5 Å². The Morgan fingerprint density at radius 1 is 1.06 bits per heavy atom.